The summed E-state index contributed by atoms with van der Waals surface area (Å²) in [6.07, 6.45) is 4.09. The van der Waals surface area contributed by atoms with Gasteiger partial charge in [0.25, 0.3) is 0 Å². The van der Waals surface area contributed by atoms with E-state index >= 15 is 0 Å². The van der Waals surface area contributed by atoms with Gasteiger partial charge in [0.1, 0.15) is 0 Å². The van der Waals surface area contributed by atoms with E-state index in [1.165, 1.54) is 25.9 Å². The van der Waals surface area contributed by atoms with Crippen LogP contribution in [-0.2, 0) is 0 Å². The molecule has 0 spiro atoms. The summed E-state index contributed by atoms with van der Waals surface area (Å²) in [6, 6.07) is 0. The molecule has 66 valence electrons. The summed E-state index contributed by atoms with van der Waals surface area (Å²) in [7, 11) is 0. The van der Waals surface area contributed by atoms with Crippen molar-refractivity contribution in [3.8, 4) is 0 Å². The number of likely N-dealkylation sites (tertiary alicyclic amines) is 1. The molecule has 0 bridgehead atoms. The summed E-state index contributed by atoms with van der Waals surface area (Å²) < 4.78 is 0. The molecule has 1 saturated heterocycles. The van der Waals surface area contributed by atoms with Gasteiger partial charge in [-0.3, -0.25) is 4.90 Å². The zero-order valence-electron chi connectivity index (χ0n) is 7.71. The lowest BCUT2D eigenvalue weighted by Gasteiger charge is -2.34. The summed E-state index contributed by atoms with van der Waals surface area (Å²) >= 11 is 0. The van der Waals surface area contributed by atoms with Crippen LogP contribution in [0.2, 0.25) is 0 Å². The summed E-state index contributed by atoms with van der Waals surface area (Å²) in [5.74, 6) is 0.848. The molecule has 1 aliphatic heterocycles. The van der Waals surface area contributed by atoms with Gasteiger partial charge in [-0.2, -0.15) is 0 Å². The van der Waals surface area contributed by atoms with Crippen LogP contribution in [-0.4, -0.2) is 24.2 Å². The topological polar surface area (TPSA) is 29.3 Å². The van der Waals surface area contributed by atoms with Gasteiger partial charge in [0.2, 0.25) is 0 Å². The molecule has 2 N–H and O–H groups in total. The largest absolute Gasteiger partial charge is 0.316 e. The molecule has 1 aliphatic rings. The maximum absolute atomic E-state index is 5.94. The molecule has 2 unspecified atom stereocenters. The van der Waals surface area contributed by atoms with Crippen LogP contribution < -0.4 is 5.73 Å². The predicted octanol–water partition coefficient (Wildman–Crippen LogP) is 1.41. The minimum atomic E-state index is 0.303. The molecule has 2 heteroatoms. The lowest BCUT2D eigenvalue weighted by Crippen LogP contribution is -2.46. The number of piperidine rings is 1. The third-order valence-corrected chi connectivity index (χ3v) is 2.58. The molecular formula is C9H20N2. The minimum Gasteiger partial charge on any atom is -0.316 e. The summed E-state index contributed by atoms with van der Waals surface area (Å²) in [5.41, 5.74) is 5.94. The standard InChI is InChI=1S/C9H20N2/c1-3-9(10)11-6-4-5-8(2)7-11/h8-9H,3-7,10H2,1-2H3. The molecule has 0 saturated carbocycles. The van der Waals surface area contributed by atoms with Crippen LogP contribution in [0.1, 0.15) is 33.1 Å². The van der Waals surface area contributed by atoms with Gasteiger partial charge < -0.3 is 5.73 Å². The average molecular weight is 156 g/mol. The van der Waals surface area contributed by atoms with E-state index in [1.807, 2.05) is 0 Å². The first kappa shape index (κ1) is 9.01. The van der Waals surface area contributed by atoms with Crippen molar-refractivity contribution in [2.75, 3.05) is 13.1 Å². The summed E-state index contributed by atoms with van der Waals surface area (Å²) in [5, 5.41) is 0. The zero-order valence-corrected chi connectivity index (χ0v) is 7.71. The van der Waals surface area contributed by atoms with Crippen LogP contribution in [0.3, 0.4) is 0 Å². The molecular weight excluding hydrogens is 136 g/mol. The number of rotatable bonds is 2. The highest BCUT2D eigenvalue weighted by Gasteiger charge is 2.19. The van der Waals surface area contributed by atoms with Gasteiger partial charge in [-0.15, -0.1) is 0 Å². The van der Waals surface area contributed by atoms with Crippen molar-refractivity contribution in [3.05, 3.63) is 0 Å². The monoisotopic (exact) mass is 156 g/mol. The fraction of sp³-hybridized carbons (Fsp3) is 1.00. The molecule has 0 amide bonds. The van der Waals surface area contributed by atoms with Gasteiger partial charge in [0, 0.05) is 6.54 Å². The van der Waals surface area contributed by atoms with Crippen LogP contribution in [0.25, 0.3) is 0 Å². The van der Waals surface area contributed by atoms with E-state index in [-0.39, 0.29) is 0 Å². The van der Waals surface area contributed by atoms with Gasteiger partial charge in [0.05, 0.1) is 6.17 Å². The Morgan fingerprint density at radius 2 is 2.36 bits per heavy atom. The first-order valence-electron chi connectivity index (χ1n) is 4.73. The second kappa shape index (κ2) is 4.07. The van der Waals surface area contributed by atoms with Crippen LogP contribution in [0.15, 0.2) is 0 Å². The third kappa shape index (κ3) is 2.46. The Bertz CT molecular complexity index is 114. The molecule has 0 aliphatic carbocycles. The van der Waals surface area contributed by atoms with Crippen LogP contribution in [0, 0.1) is 5.92 Å². The first-order chi connectivity index (χ1) is 5.24. The maximum Gasteiger partial charge on any atom is 0.0569 e. The molecule has 0 radical (unpaired) electrons. The van der Waals surface area contributed by atoms with Gasteiger partial charge >= 0.3 is 0 Å². The third-order valence-electron chi connectivity index (χ3n) is 2.58. The van der Waals surface area contributed by atoms with E-state index < -0.39 is 0 Å². The van der Waals surface area contributed by atoms with Crippen molar-refractivity contribution in [1.82, 2.24) is 4.90 Å². The summed E-state index contributed by atoms with van der Waals surface area (Å²) in [6.45, 7) is 6.88. The molecule has 11 heavy (non-hydrogen) atoms. The van der Waals surface area contributed by atoms with Gasteiger partial charge in [-0.05, 0) is 31.7 Å². The highest BCUT2D eigenvalue weighted by atomic mass is 15.2. The quantitative estimate of drug-likeness (QED) is 0.655. The van der Waals surface area contributed by atoms with E-state index in [2.05, 4.69) is 18.7 Å². The molecule has 0 aromatic rings. The maximum atomic E-state index is 5.94. The minimum absolute atomic E-state index is 0.303. The van der Waals surface area contributed by atoms with Gasteiger partial charge in [0.15, 0.2) is 0 Å². The fourth-order valence-electron chi connectivity index (χ4n) is 1.79. The molecule has 2 atom stereocenters. The first-order valence-corrected chi connectivity index (χ1v) is 4.73. The van der Waals surface area contributed by atoms with Gasteiger partial charge in [-0.25, -0.2) is 0 Å². The van der Waals surface area contributed by atoms with Crippen molar-refractivity contribution < 1.29 is 0 Å². The molecule has 1 rings (SSSR count). The average Bonchev–Trinajstić information content (AvgIpc) is 2.03. The molecule has 1 heterocycles. The Kier molecular flexibility index (Phi) is 3.34. The lowest BCUT2D eigenvalue weighted by molar-refractivity contribution is 0.129. The van der Waals surface area contributed by atoms with Gasteiger partial charge in [-0.1, -0.05) is 13.8 Å². The smallest absolute Gasteiger partial charge is 0.0569 e. The predicted molar refractivity (Wildman–Crippen MR) is 48.2 cm³/mol. The molecule has 2 nitrogen and oxygen atoms in total. The second-order valence-electron chi connectivity index (χ2n) is 3.72. The second-order valence-corrected chi connectivity index (χ2v) is 3.72. The van der Waals surface area contributed by atoms with Crippen molar-refractivity contribution in [1.29, 1.82) is 0 Å². The van der Waals surface area contributed by atoms with E-state index in [0.29, 0.717) is 6.17 Å². The van der Waals surface area contributed by atoms with Crippen molar-refractivity contribution in [2.24, 2.45) is 11.7 Å². The Labute approximate surface area is 69.8 Å². The Hall–Kier alpha value is -0.0800. The molecule has 1 fully saturated rings. The van der Waals surface area contributed by atoms with Crippen molar-refractivity contribution in [2.45, 2.75) is 39.3 Å². The number of nitrogens with two attached hydrogens (primary N) is 1. The number of nitrogens with zero attached hydrogens (tertiary/aromatic N) is 1. The molecule has 0 aromatic heterocycles. The Morgan fingerprint density at radius 1 is 1.64 bits per heavy atom. The zero-order chi connectivity index (χ0) is 8.27. The Balaban J connectivity index is 2.33. The van der Waals surface area contributed by atoms with Crippen molar-refractivity contribution >= 4 is 0 Å². The SMILES string of the molecule is CCC(N)N1CCCC(C)C1. The van der Waals surface area contributed by atoms with Crippen LogP contribution in [0.4, 0.5) is 0 Å². The highest BCUT2D eigenvalue weighted by molar-refractivity contribution is 4.73. The lowest BCUT2D eigenvalue weighted by atomic mass is 10.00. The number of hydrogen-bond acceptors (Lipinski definition) is 2. The van der Waals surface area contributed by atoms with E-state index in [9.17, 15) is 0 Å². The fourth-order valence-corrected chi connectivity index (χ4v) is 1.79. The van der Waals surface area contributed by atoms with Crippen LogP contribution >= 0.6 is 0 Å². The van der Waals surface area contributed by atoms with E-state index in [4.69, 9.17) is 5.73 Å². The summed E-state index contributed by atoms with van der Waals surface area (Å²) in [4.78, 5) is 2.41. The molecule has 0 aromatic carbocycles. The Morgan fingerprint density at radius 3 is 2.91 bits per heavy atom. The normalized spacial score (nSPS) is 30.3. The van der Waals surface area contributed by atoms with Crippen LogP contribution in [0.5, 0.6) is 0 Å². The van der Waals surface area contributed by atoms with Crippen molar-refractivity contribution in [3.63, 3.8) is 0 Å². The van der Waals surface area contributed by atoms with E-state index in [1.54, 1.807) is 0 Å². The van der Waals surface area contributed by atoms with E-state index in [0.717, 1.165) is 12.3 Å². The number of hydrogen-bond donors (Lipinski definition) is 1. The highest BCUT2D eigenvalue weighted by Crippen LogP contribution is 2.16.